The molecule has 0 aromatic heterocycles. The van der Waals surface area contributed by atoms with E-state index in [1.165, 1.54) is 0 Å². The van der Waals surface area contributed by atoms with Gasteiger partial charge in [-0.15, -0.1) is 6.58 Å². The van der Waals surface area contributed by atoms with Crippen molar-refractivity contribution in [3.63, 3.8) is 0 Å². The molecule has 0 saturated carbocycles. The molecule has 2 heteroatoms. The van der Waals surface area contributed by atoms with E-state index < -0.39 is 0 Å². The van der Waals surface area contributed by atoms with E-state index in [1.807, 2.05) is 6.08 Å². The molecular formula is C9H20OSi. The molecule has 0 aromatic carbocycles. The van der Waals surface area contributed by atoms with E-state index in [9.17, 15) is 0 Å². The summed E-state index contributed by atoms with van der Waals surface area (Å²) in [4.78, 5) is 0. The van der Waals surface area contributed by atoms with Gasteiger partial charge >= 0.3 is 0 Å². The van der Waals surface area contributed by atoms with Crippen LogP contribution in [0, 0.1) is 0 Å². The molecule has 0 aliphatic rings. The molecule has 0 aromatic rings. The van der Waals surface area contributed by atoms with E-state index in [0.717, 1.165) is 19.4 Å². The topological polar surface area (TPSA) is 9.23 Å². The molecule has 0 heterocycles. The molecule has 0 fully saturated rings. The summed E-state index contributed by atoms with van der Waals surface area (Å²) in [7, 11) is -0.313. The number of rotatable bonds is 5. The fraction of sp³-hybridized carbons (Fsp3) is 0.778. The second-order valence-corrected chi connectivity index (χ2v) is 6.86. The van der Waals surface area contributed by atoms with Crippen molar-refractivity contribution in [3.05, 3.63) is 12.7 Å². The summed E-state index contributed by atoms with van der Waals surface area (Å²) in [5.74, 6) is 0. The van der Waals surface area contributed by atoms with E-state index in [1.54, 1.807) is 0 Å². The zero-order valence-corrected chi connectivity index (χ0v) is 9.44. The third-order valence-electron chi connectivity index (χ3n) is 1.23. The Morgan fingerprint density at radius 3 is 2.55 bits per heavy atom. The second kappa shape index (κ2) is 5.55. The summed E-state index contributed by atoms with van der Waals surface area (Å²) in [6.45, 7) is 11.3. The van der Waals surface area contributed by atoms with E-state index in [0.29, 0.717) is 5.04 Å². The van der Waals surface area contributed by atoms with Crippen LogP contribution in [0.4, 0.5) is 0 Å². The van der Waals surface area contributed by atoms with Gasteiger partial charge in [-0.3, -0.25) is 0 Å². The Hall–Kier alpha value is -0.0831. The van der Waals surface area contributed by atoms with Crippen molar-refractivity contribution in [2.75, 3.05) is 6.61 Å². The van der Waals surface area contributed by atoms with Crippen LogP contribution in [0.15, 0.2) is 12.7 Å². The molecule has 1 nitrogen and oxygen atoms in total. The van der Waals surface area contributed by atoms with Crippen LogP contribution in [0.5, 0.6) is 0 Å². The van der Waals surface area contributed by atoms with Gasteiger partial charge in [0, 0.05) is 6.61 Å². The zero-order valence-electron chi connectivity index (χ0n) is 8.02. The lowest BCUT2D eigenvalue weighted by atomic mass is 10.3. The molecule has 0 saturated heterocycles. The second-order valence-electron chi connectivity index (χ2n) is 4.04. The van der Waals surface area contributed by atoms with Crippen LogP contribution >= 0.6 is 0 Å². The minimum absolute atomic E-state index is 0.313. The Morgan fingerprint density at radius 2 is 2.09 bits per heavy atom. The Kier molecular flexibility index (Phi) is 5.51. The maximum Gasteiger partial charge on any atom is 0.166 e. The summed E-state index contributed by atoms with van der Waals surface area (Å²) < 4.78 is 5.59. The normalized spacial score (nSPS) is 12.6. The standard InChI is InChI=1S/C9H20OSi/c1-5-6-7-8-10-11-9(2,3)4/h5H,1,6-8,11H2,2-4H3. The van der Waals surface area contributed by atoms with E-state index in [-0.39, 0.29) is 9.76 Å². The van der Waals surface area contributed by atoms with Gasteiger partial charge in [-0.2, -0.15) is 0 Å². The highest BCUT2D eigenvalue weighted by Gasteiger charge is 2.10. The van der Waals surface area contributed by atoms with Crippen LogP contribution in [0.25, 0.3) is 0 Å². The first-order chi connectivity index (χ1) is 5.06. The Morgan fingerprint density at radius 1 is 1.45 bits per heavy atom. The molecule has 0 N–H and O–H groups in total. The minimum atomic E-state index is -0.313. The Balaban J connectivity index is 3.08. The van der Waals surface area contributed by atoms with Gasteiger partial charge in [-0.25, -0.2) is 0 Å². The molecular weight excluding hydrogens is 152 g/mol. The predicted octanol–water partition coefficient (Wildman–Crippen LogP) is 2.27. The van der Waals surface area contributed by atoms with Crippen LogP contribution in [0.1, 0.15) is 33.6 Å². The van der Waals surface area contributed by atoms with Gasteiger partial charge < -0.3 is 4.43 Å². The number of hydrogen-bond donors (Lipinski definition) is 0. The molecule has 0 bridgehead atoms. The largest absolute Gasteiger partial charge is 0.423 e. The summed E-state index contributed by atoms with van der Waals surface area (Å²) in [6.07, 6.45) is 4.16. The summed E-state index contributed by atoms with van der Waals surface area (Å²) in [6, 6.07) is 0. The number of unbranched alkanes of at least 4 members (excludes halogenated alkanes) is 1. The lowest BCUT2D eigenvalue weighted by molar-refractivity contribution is 0.315. The summed E-state index contributed by atoms with van der Waals surface area (Å²) in [5.41, 5.74) is 0. The van der Waals surface area contributed by atoms with Gasteiger partial charge in [0.05, 0.1) is 0 Å². The fourth-order valence-corrected chi connectivity index (χ4v) is 1.67. The average molecular weight is 172 g/mol. The maximum absolute atomic E-state index is 5.59. The molecule has 11 heavy (non-hydrogen) atoms. The van der Waals surface area contributed by atoms with Gasteiger partial charge in [0.2, 0.25) is 0 Å². The van der Waals surface area contributed by atoms with Crippen LogP contribution in [-0.2, 0) is 4.43 Å². The van der Waals surface area contributed by atoms with Crippen LogP contribution in [0.2, 0.25) is 5.04 Å². The molecule has 0 rings (SSSR count). The fourth-order valence-electron chi connectivity index (χ4n) is 0.708. The Bertz CT molecular complexity index is 105. The molecule has 0 unspecified atom stereocenters. The highest BCUT2D eigenvalue weighted by molar-refractivity contribution is 6.31. The third-order valence-corrected chi connectivity index (χ3v) is 2.59. The van der Waals surface area contributed by atoms with Crippen molar-refractivity contribution in [1.82, 2.24) is 0 Å². The minimum Gasteiger partial charge on any atom is -0.423 e. The SMILES string of the molecule is C=CCCCO[SiH2]C(C)(C)C. The smallest absolute Gasteiger partial charge is 0.166 e. The molecule has 0 radical (unpaired) electrons. The van der Waals surface area contributed by atoms with Crippen molar-refractivity contribution >= 4 is 9.76 Å². The first-order valence-electron chi connectivity index (χ1n) is 4.25. The zero-order chi connectivity index (χ0) is 8.74. The number of allylic oxidation sites excluding steroid dienone is 1. The highest BCUT2D eigenvalue weighted by Crippen LogP contribution is 2.19. The Labute approximate surface area is 72.8 Å². The van der Waals surface area contributed by atoms with Crippen molar-refractivity contribution in [1.29, 1.82) is 0 Å². The lowest BCUT2D eigenvalue weighted by Gasteiger charge is -2.16. The molecule has 0 aliphatic carbocycles. The predicted molar refractivity (Wildman–Crippen MR) is 53.6 cm³/mol. The van der Waals surface area contributed by atoms with E-state index in [2.05, 4.69) is 27.4 Å². The van der Waals surface area contributed by atoms with Crippen LogP contribution < -0.4 is 0 Å². The first kappa shape index (κ1) is 10.9. The summed E-state index contributed by atoms with van der Waals surface area (Å²) in [5, 5.41) is 0.439. The van der Waals surface area contributed by atoms with Crippen LogP contribution in [-0.4, -0.2) is 16.4 Å². The molecule has 0 atom stereocenters. The van der Waals surface area contributed by atoms with Gasteiger partial charge in [0.25, 0.3) is 0 Å². The van der Waals surface area contributed by atoms with Crippen LogP contribution in [0.3, 0.4) is 0 Å². The maximum atomic E-state index is 5.59. The van der Waals surface area contributed by atoms with Crippen molar-refractivity contribution in [2.24, 2.45) is 0 Å². The molecule has 0 spiro atoms. The van der Waals surface area contributed by atoms with E-state index >= 15 is 0 Å². The van der Waals surface area contributed by atoms with Gasteiger partial charge in [0.15, 0.2) is 9.76 Å². The molecule has 0 aliphatic heterocycles. The van der Waals surface area contributed by atoms with Gasteiger partial charge in [-0.05, 0) is 17.9 Å². The monoisotopic (exact) mass is 172 g/mol. The lowest BCUT2D eigenvalue weighted by Crippen LogP contribution is -2.12. The first-order valence-corrected chi connectivity index (χ1v) is 5.53. The van der Waals surface area contributed by atoms with Gasteiger partial charge in [-0.1, -0.05) is 26.8 Å². The third kappa shape index (κ3) is 9.92. The summed E-state index contributed by atoms with van der Waals surface area (Å²) >= 11 is 0. The quantitative estimate of drug-likeness (QED) is 0.351. The van der Waals surface area contributed by atoms with E-state index in [4.69, 9.17) is 4.43 Å². The van der Waals surface area contributed by atoms with Crippen molar-refractivity contribution in [3.8, 4) is 0 Å². The number of hydrogen-bond acceptors (Lipinski definition) is 1. The molecule has 66 valence electrons. The average Bonchev–Trinajstić information content (AvgIpc) is 1.85. The molecule has 0 amide bonds. The van der Waals surface area contributed by atoms with Crippen molar-refractivity contribution < 1.29 is 4.43 Å². The van der Waals surface area contributed by atoms with Gasteiger partial charge in [0.1, 0.15) is 0 Å². The van der Waals surface area contributed by atoms with Crippen molar-refractivity contribution in [2.45, 2.75) is 38.7 Å². The highest BCUT2D eigenvalue weighted by atomic mass is 28.2.